The van der Waals surface area contributed by atoms with Gasteiger partial charge in [0.15, 0.2) is 0 Å². The average molecular weight is 292 g/mol. The molecule has 1 heterocycles. The van der Waals surface area contributed by atoms with Crippen LogP contribution in [0.5, 0.6) is 5.75 Å². The largest absolute Gasteiger partial charge is 0.508 e. The molecule has 0 fully saturated rings. The first kappa shape index (κ1) is 13.3. The van der Waals surface area contributed by atoms with Gasteiger partial charge in [-0.05, 0) is 61.1 Å². The Kier molecular flexibility index (Phi) is 3.07. The predicted molar refractivity (Wildman–Crippen MR) is 90.3 cm³/mol. The molecule has 4 rings (SSSR count). The summed E-state index contributed by atoms with van der Waals surface area (Å²) in [6.45, 7) is 2.31. The minimum atomic E-state index is 0.339. The van der Waals surface area contributed by atoms with E-state index in [1.54, 1.807) is 6.07 Å². The third kappa shape index (κ3) is 2.13. The van der Waals surface area contributed by atoms with Gasteiger partial charge >= 0.3 is 0 Å². The van der Waals surface area contributed by atoms with E-state index in [2.05, 4.69) is 29.2 Å². The number of benzene rings is 2. The van der Waals surface area contributed by atoms with Crippen LogP contribution in [0, 0.1) is 5.92 Å². The molecule has 0 radical (unpaired) electrons. The van der Waals surface area contributed by atoms with E-state index in [0.29, 0.717) is 11.7 Å². The van der Waals surface area contributed by atoms with Gasteiger partial charge in [0.1, 0.15) is 5.75 Å². The third-order valence-corrected chi connectivity index (χ3v) is 4.61. The van der Waals surface area contributed by atoms with Crippen LogP contribution in [0.25, 0.3) is 10.9 Å². The fourth-order valence-electron chi connectivity index (χ4n) is 3.48. The van der Waals surface area contributed by atoms with E-state index in [4.69, 9.17) is 0 Å². The van der Waals surface area contributed by atoms with Gasteiger partial charge in [-0.25, -0.2) is 0 Å². The molecule has 2 aromatic carbocycles. The SMILES string of the molecule is CC1CCc2c(n(Nc3ccccc3)c3ccc(O)cc23)C1. The first-order chi connectivity index (χ1) is 10.7. The van der Waals surface area contributed by atoms with E-state index in [0.717, 1.165) is 24.0 Å². The summed E-state index contributed by atoms with van der Waals surface area (Å²) in [7, 11) is 0. The van der Waals surface area contributed by atoms with E-state index in [1.165, 1.54) is 23.1 Å². The molecular formula is C19H20N2O. The van der Waals surface area contributed by atoms with Crippen LogP contribution in [-0.4, -0.2) is 9.78 Å². The molecule has 3 aromatic rings. The molecule has 1 unspecified atom stereocenters. The maximum absolute atomic E-state index is 9.85. The quantitative estimate of drug-likeness (QED) is 0.737. The lowest BCUT2D eigenvalue weighted by Crippen LogP contribution is -2.18. The number of aromatic nitrogens is 1. The van der Waals surface area contributed by atoms with Crippen molar-refractivity contribution >= 4 is 16.6 Å². The van der Waals surface area contributed by atoms with Crippen molar-refractivity contribution in [3.63, 3.8) is 0 Å². The molecule has 1 aliphatic carbocycles. The van der Waals surface area contributed by atoms with Crippen LogP contribution >= 0.6 is 0 Å². The smallest absolute Gasteiger partial charge is 0.116 e. The maximum atomic E-state index is 9.85. The molecule has 0 bridgehead atoms. The highest BCUT2D eigenvalue weighted by molar-refractivity contribution is 5.87. The zero-order chi connectivity index (χ0) is 15.1. The summed E-state index contributed by atoms with van der Waals surface area (Å²) >= 11 is 0. The second-order valence-corrected chi connectivity index (χ2v) is 6.29. The first-order valence-electron chi connectivity index (χ1n) is 7.89. The Morgan fingerprint density at radius 3 is 2.77 bits per heavy atom. The van der Waals surface area contributed by atoms with Gasteiger partial charge in [0.2, 0.25) is 0 Å². The second kappa shape index (κ2) is 5.09. The van der Waals surface area contributed by atoms with Gasteiger partial charge in [-0.3, -0.25) is 10.1 Å². The van der Waals surface area contributed by atoms with E-state index < -0.39 is 0 Å². The lowest BCUT2D eigenvalue weighted by Gasteiger charge is -2.21. The molecule has 2 N–H and O–H groups in total. The number of fused-ring (bicyclic) bond motifs is 3. The van der Waals surface area contributed by atoms with Crippen LogP contribution < -0.4 is 5.43 Å². The molecule has 0 amide bonds. The Morgan fingerprint density at radius 1 is 1.14 bits per heavy atom. The topological polar surface area (TPSA) is 37.2 Å². The van der Waals surface area contributed by atoms with Crippen molar-refractivity contribution in [2.24, 2.45) is 5.92 Å². The Bertz CT molecular complexity index is 820. The van der Waals surface area contributed by atoms with Crippen LogP contribution in [0.3, 0.4) is 0 Å². The highest BCUT2D eigenvalue weighted by Crippen LogP contribution is 2.35. The fourth-order valence-corrected chi connectivity index (χ4v) is 3.48. The minimum Gasteiger partial charge on any atom is -0.508 e. The number of nitrogens with one attached hydrogen (secondary N) is 1. The maximum Gasteiger partial charge on any atom is 0.116 e. The Hall–Kier alpha value is -2.42. The molecule has 1 aromatic heterocycles. The predicted octanol–water partition coefficient (Wildman–Crippen LogP) is 4.35. The number of aryl methyl sites for hydroxylation is 1. The number of nitrogens with zero attached hydrogens (tertiary/aromatic N) is 1. The molecule has 1 atom stereocenters. The van der Waals surface area contributed by atoms with Crippen molar-refractivity contribution in [1.82, 2.24) is 4.68 Å². The molecule has 22 heavy (non-hydrogen) atoms. The number of phenols is 1. The minimum absolute atomic E-state index is 0.339. The van der Waals surface area contributed by atoms with Crippen LogP contribution in [0.2, 0.25) is 0 Å². The summed E-state index contributed by atoms with van der Waals surface area (Å²) in [6.07, 6.45) is 3.37. The molecule has 3 heteroatoms. The van der Waals surface area contributed by atoms with E-state index in [-0.39, 0.29) is 0 Å². The van der Waals surface area contributed by atoms with Crippen LogP contribution in [0.4, 0.5) is 5.69 Å². The van der Waals surface area contributed by atoms with Crippen molar-refractivity contribution in [3.05, 3.63) is 59.8 Å². The lowest BCUT2D eigenvalue weighted by atomic mass is 9.88. The van der Waals surface area contributed by atoms with Gasteiger partial charge < -0.3 is 5.11 Å². The summed E-state index contributed by atoms with van der Waals surface area (Å²) in [5, 5.41) is 11.0. The van der Waals surface area contributed by atoms with Crippen molar-refractivity contribution < 1.29 is 5.11 Å². The number of phenolic OH excluding ortho intramolecular Hbond substituents is 1. The molecule has 0 saturated carbocycles. The van der Waals surface area contributed by atoms with Crippen molar-refractivity contribution in [1.29, 1.82) is 0 Å². The zero-order valence-corrected chi connectivity index (χ0v) is 12.7. The van der Waals surface area contributed by atoms with Crippen molar-refractivity contribution in [2.75, 3.05) is 5.43 Å². The molecule has 0 spiro atoms. The van der Waals surface area contributed by atoms with E-state index in [1.807, 2.05) is 30.3 Å². The number of aromatic hydroxyl groups is 1. The van der Waals surface area contributed by atoms with Crippen LogP contribution in [0.15, 0.2) is 48.5 Å². The van der Waals surface area contributed by atoms with Crippen molar-refractivity contribution in [2.45, 2.75) is 26.2 Å². The highest BCUT2D eigenvalue weighted by atomic mass is 16.3. The second-order valence-electron chi connectivity index (χ2n) is 6.29. The molecule has 3 nitrogen and oxygen atoms in total. The molecule has 0 aliphatic heterocycles. The summed E-state index contributed by atoms with van der Waals surface area (Å²) < 4.78 is 2.20. The van der Waals surface area contributed by atoms with E-state index >= 15 is 0 Å². The Labute approximate surface area is 130 Å². The number of anilines is 1. The molecular weight excluding hydrogens is 272 g/mol. The van der Waals surface area contributed by atoms with Crippen LogP contribution in [0.1, 0.15) is 24.6 Å². The molecule has 1 aliphatic rings. The standard InChI is InChI=1S/C19H20N2O/c1-13-7-9-16-17-12-15(22)8-10-18(17)21(19(16)11-13)20-14-5-3-2-4-6-14/h2-6,8,10,12-13,20,22H,7,9,11H2,1H3. The third-order valence-electron chi connectivity index (χ3n) is 4.61. The van der Waals surface area contributed by atoms with Crippen molar-refractivity contribution in [3.8, 4) is 5.75 Å². The number of hydrogen-bond donors (Lipinski definition) is 2. The molecule has 0 saturated heterocycles. The summed E-state index contributed by atoms with van der Waals surface area (Å²) in [5.74, 6) is 1.03. The average Bonchev–Trinajstić information content (AvgIpc) is 2.81. The lowest BCUT2D eigenvalue weighted by molar-refractivity contribution is 0.476. The molecule has 112 valence electrons. The Balaban J connectivity index is 1.90. The fraction of sp³-hybridized carbons (Fsp3) is 0.263. The zero-order valence-electron chi connectivity index (χ0n) is 12.7. The number of para-hydroxylation sites is 1. The Morgan fingerprint density at radius 2 is 1.95 bits per heavy atom. The van der Waals surface area contributed by atoms with Gasteiger partial charge in [-0.1, -0.05) is 25.1 Å². The highest BCUT2D eigenvalue weighted by Gasteiger charge is 2.23. The summed E-state index contributed by atoms with van der Waals surface area (Å²) in [4.78, 5) is 0. The van der Waals surface area contributed by atoms with Gasteiger partial charge in [-0.15, -0.1) is 0 Å². The number of hydrogen-bond acceptors (Lipinski definition) is 2. The van der Waals surface area contributed by atoms with Gasteiger partial charge in [0.25, 0.3) is 0 Å². The summed E-state index contributed by atoms with van der Waals surface area (Å²) in [6, 6.07) is 15.9. The monoisotopic (exact) mass is 292 g/mol. The normalized spacial score (nSPS) is 17.4. The summed E-state index contributed by atoms with van der Waals surface area (Å²) in [5.41, 5.74) is 8.48. The van der Waals surface area contributed by atoms with Gasteiger partial charge in [-0.2, -0.15) is 0 Å². The first-order valence-corrected chi connectivity index (χ1v) is 7.89. The number of rotatable bonds is 2. The van der Waals surface area contributed by atoms with Gasteiger partial charge in [0, 0.05) is 11.1 Å². The van der Waals surface area contributed by atoms with E-state index in [9.17, 15) is 5.11 Å². The van der Waals surface area contributed by atoms with Crippen LogP contribution in [-0.2, 0) is 12.8 Å². The van der Waals surface area contributed by atoms with Gasteiger partial charge in [0.05, 0.1) is 11.2 Å².